The van der Waals surface area contributed by atoms with Crippen LogP contribution in [0.3, 0.4) is 0 Å². The van der Waals surface area contributed by atoms with Crippen molar-refractivity contribution in [2.75, 3.05) is 19.6 Å². The average Bonchev–Trinajstić information content (AvgIpc) is 3.12. The van der Waals surface area contributed by atoms with Gasteiger partial charge in [-0.15, -0.1) is 12.4 Å². The summed E-state index contributed by atoms with van der Waals surface area (Å²) in [7, 11) is 0. The Morgan fingerprint density at radius 1 is 0.833 bits per heavy atom. The van der Waals surface area contributed by atoms with E-state index in [1.54, 1.807) is 0 Å². The molecule has 3 aromatic rings. The number of likely N-dealkylation sites (tertiary alicyclic amines) is 1. The molecule has 158 valence electrons. The van der Waals surface area contributed by atoms with E-state index in [1.807, 2.05) is 18.2 Å². The number of hydrogen-bond acceptors (Lipinski definition) is 2. The SMILES string of the molecule is Cl.OC(CCN1CCC2CCC(C2)C1)(c1ccccc1)c1cccc2ccccc12. The maximum Gasteiger partial charge on any atom is 0.116 e. The Bertz CT molecular complexity index is 970. The van der Waals surface area contributed by atoms with Gasteiger partial charge in [0, 0.05) is 13.1 Å². The summed E-state index contributed by atoms with van der Waals surface area (Å²) in [6, 6.07) is 25.0. The van der Waals surface area contributed by atoms with Gasteiger partial charge < -0.3 is 10.0 Å². The zero-order chi connectivity index (χ0) is 19.7. The fraction of sp³-hybridized carbons (Fsp3) is 0.407. The third-order valence-electron chi connectivity index (χ3n) is 7.30. The van der Waals surface area contributed by atoms with Gasteiger partial charge in [0.25, 0.3) is 0 Å². The number of aliphatic hydroxyl groups is 1. The molecule has 0 amide bonds. The lowest BCUT2D eigenvalue weighted by Gasteiger charge is -2.34. The molecule has 5 rings (SSSR count). The van der Waals surface area contributed by atoms with Crippen LogP contribution < -0.4 is 0 Å². The Morgan fingerprint density at radius 2 is 1.57 bits per heavy atom. The van der Waals surface area contributed by atoms with Crippen LogP contribution in [-0.2, 0) is 5.60 Å². The monoisotopic (exact) mass is 421 g/mol. The van der Waals surface area contributed by atoms with E-state index >= 15 is 0 Å². The normalized spacial score (nSPS) is 23.5. The molecule has 0 spiro atoms. The lowest BCUT2D eigenvalue weighted by Crippen LogP contribution is -2.36. The van der Waals surface area contributed by atoms with Crippen molar-refractivity contribution >= 4 is 23.2 Å². The molecule has 2 fully saturated rings. The van der Waals surface area contributed by atoms with Gasteiger partial charge in [0.2, 0.25) is 0 Å². The van der Waals surface area contributed by atoms with Crippen molar-refractivity contribution in [3.05, 3.63) is 83.9 Å². The van der Waals surface area contributed by atoms with Crippen LogP contribution in [-0.4, -0.2) is 29.6 Å². The summed E-state index contributed by atoms with van der Waals surface area (Å²) in [4.78, 5) is 2.61. The van der Waals surface area contributed by atoms with E-state index < -0.39 is 5.60 Å². The summed E-state index contributed by atoms with van der Waals surface area (Å²) in [5.74, 6) is 1.81. The highest BCUT2D eigenvalue weighted by Gasteiger charge is 2.35. The van der Waals surface area contributed by atoms with E-state index in [9.17, 15) is 5.11 Å². The summed E-state index contributed by atoms with van der Waals surface area (Å²) in [6.07, 6.45) is 6.30. The summed E-state index contributed by atoms with van der Waals surface area (Å²) in [5, 5.41) is 14.5. The first-order chi connectivity index (χ1) is 14.2. The molecule has 2 aliphatic rings. The van der Waals surface area contributed by atoms with Gasteiger partial charge in [-0.2, -0.15) is 0 Å². The van der Waals surface area contributed by atoms with Crippen molar-refractivity contribution in [1.82, 2.24) is 4.90 Å². The molecule has 30 heavy (non-hydrogen) atoms. The molecule has 2 bridgehead atoms. The minimum atomic E-state index is -0.979. The minimum absolute atomic E-state index is 0. The predicted octanol–water partition coefficient (Wildman–Crippen LogP) is 6.01. The van der Waals surface area contributed by atoms with Crippen molar-refractivity contribution in [2.24, 2.45) is 11.8 Å². The Morgan fingerprint density at radius 3 is 2.43 bits per heavy atom. The lowest BCUT2D eigenvalue weighted by molar-refractivity contribution is 0.0567. The van der Waals surface area contributed by atoms with Gasteiger partial charge in [-0.3, -0.25) is 0 Å². The molecule has 2 nitrogen and oxygen atoms in total. The number of benzene rings is 3. The summed E-state index contributed by atoms with van der Waals surface area (Å²) < 4.78 is 0. The lowest BCUT2D eigenvalue weighted by atomic mass is 9.81. The maximum absolute atomic E-state index is 12.2. The molecule has 1 aliphatic carbocycles. The molecular formula is C27H32ClNO. The summed E-state index contributed by atoms with van der Waals surface area (Å²) in [5.41, 5.74) is 1.04. The van der Waals surface area contributed by atoms with Crippen molar-refractivity contribution in [3.63, 3.8) is 0 Å². The van der Waals surface area contributed by atoms with E-state index in [2.05, 4.69) is 59.5 Å². The molecule has 3 atom stereocenters. The highest BCUT2D eigenvalue weighted by atomic mass is 35.5. The minimum Gasteiger partial charge on any atom is -0.380 e. The van der Waals surface area contributed by atoms with Crippen molar-refractivity contribution < 1.29 is 5.11 Å². The fourth-order valence-electron chi connectivity index (χ4n) is 5.69. The maximum atomic E-state index is 12.2. The Hall–Kier alpha value is -1.87. The van der Waals surface area contributed by atoms with Gasteiger partial charge in [0.05, 0.1) is 0 Å². The zero-order valence-corrected chi connectivity index (χ0v) is 18.4. The molecule has 1 saturated carbocycles. The molecule has 3 aromatic carbocycles. The number of rotatable bonds is 5. The molecule has 3 unspecified atom stereocenters. The van der Waals surface area contributed by atoms with Crippen LogP contribution in [0.15, 0.2) is 72.8 Å². The van der Waals surface area contributed by atoms with Crippen LogP contribution >= 0.6 is 12.4 Å². The van der Waals surface area contributed by atoms with Gasteiger partial charge in [-0.1, -0.05) is 79.2 Å². The number of nitrogens with zero attached hydrogens (tertiary/aromatic N) is 1. The van der Waals surface area contributed by atoms with E-state index in [0.717, 1.165) is 41.3 Å². The quantitative estimate of drug-likeness (QED) is 0.545. The molecule has 1 heterocycles. The third kappa shape index (κ3) is 4.14. The first kappa shape index (κ1) is 21.4. The number of fused-ring (bicyclic) bond motifs is 3. The van der Waals surface area contributed by atoms with Gasteiger partial charge in [0.15, 0.2) is 0 Å². The highest BCUT2D eigenvalue weighted by molar-refractivity contribution is 5.87. The number of halogens is 1. The van der Waals surface area contributed by atoms with Crippen molar-refractivity contribution in [1.29, 1.82) is 0 Å². The van der Waals surface area contributed by atoms with Crippen LogP contribution in [0, 0.1) is 11.8 Å². The van der Waals surface area contributed by atoms with Crippen LogP contribution in [0.2, 0.25) is 0 Å². The zero-order valence-electron chi connectivity index (χ0n) is 17.5. The van der Waals surface area contributed by atoms with Gasteiger partial charge in [0.1, 0.15) is 5.60 Å². The predicted molar refractivity (Wildman–Crippen MR) is 127 cm³/mol. The molecule has 1 saturated heterocycles. The topological polar surface area (TPSA) is 23.5 Å². The Kier molecular flexibility index (Phi) is 6.48. The van der Waals surface area contributed by atoms with Crippen LogP contribution in [0.4, 0.5) is 0 Å². The summed E-state index contributed by atoms with van der Waals surface area (Å²) >= 11 is 0. The van der Waals surface area contributed by atoms with Crippen molar-refractivity contribution in [2.45, 2.75) is 37.7 Å². The van der Waals surface area contributed by atoms with E-state index in [-0.39, 0.29) is 12.4 Å². The number of hydrogen-bond donors (Lipinski definition) is 1. The first-order valence-corrected chi connectivity index (χ1v) is 11.2. The van der Waals surface area contributed by atoms with Gasteiger partial charge in [-0.25, -0.2) is 0 Å². The van der Waals surface area contributed by atoms with Crippen molar-refractivity contribution in [3.8, 4) is 0 Å². The standard InChI is InChI=1S/C27H31NO.ClH/c29-27(24-9-2-1-3-10-24,26-12-6-8-23-7-4-5-11-25(23)26)16-18-28-17-15-21-13-14-22(19-21)20-28;/h1-12,21-22,29H,13-20H2;1H. The molecule has 0 aromatic heterocycles. The van der Waals surface area contributed by atoms with E-state index in [0.29, 0.717) is 0 Å². The molecule has 3 heteroatoms. The molecule has 0 radical (unpaired) electrons. The van der Waals surface area contributed by atoms with E-state index in [1.165, 1.54) is 44.2 Å². The second-order valence-corrected chi connectivity index (χ2v) is 9.14. The first-order valence-electron chi connectivity index (χ1n) is 11.2. The molecule has 1 N–H and O–H groups in total. The third-order valence-corrected chi connectivity index (χ3v) is 7.30. The fourth-order valence-corrected chi connectivity index (χ4v) is 5.69. The molecular weight excluding hydrogens is 390 g/mol. The molecule has 1 aliphatic heterocycles. The smallest absolute Gasteiger partial charge is 0.116 e. The average molecular weight is 422 g/mol. The van der Waals surface area contributed by atoms with Gasteiger partial charge >= 0.3 is 0 Å². The van der Waals surface area contributed by atoms with Gasteiger partial charge in [-0.05, 0) is 66.0 Å². The Balaban J connectivity index is 0.00000218. The Labute approximate surface area is 186 Å². The largest absolute Gasteiger partial charge is 0.380 e. The summed E-state index contributed by atoms with van der Waals surface area (Å²) in [6.45, 7) is 3.33. The highest BCUT2D eigenvalue weighted by Crippen LogP contribution is 2.39. The van der Waals surface area contributed by atoms with Crippen LogP contribution in [0.1, 0.15) is 43.2 Å². The second-order valence-electron chi connectivity index (χ2n) is 9.14. The van der Waals surface area contributed by atoms with E-state index in [4.69, 9.17) is 0 Å². The second kappa shape index (κ2) is 9.09. The van der Waals surface area contributed by atoms with Crippen LogP contribution in [0.25, 0.3) is 10.8 Å². The van der Waals surface area contributed by atoms with Crippen LogP contribution in [0.5, 0.6) is 0 Å².